The molecule has 4 aromatic rings. The summed E-state index contributed by atoms with van der Waals surface area (Å²) in [5.74, 6) is -0.00580. The molecule has 0 amide bonds. The van der Waals surface area contributed by atoms with E-state index in [-0.39, 0.29) is 5.69 Å². The Hall–Kier alpha value is -3.29. The molecule has 2 heterocycles. The molecule has 0 aliphatic rings. The van der Waals surface area contributed by atoms with Crippen molar-refractivity contribution in [3.05, 3.63) is 76.8 Å². The predicted octanol–water partition coefficient (Wildman–Crippen LogP) is 5.45. The lowest BCUT2D eigenvalue weighted by molar-refractivity contribution is 0.0593. The zero-order chi connectivity index (χ0) is 20.2. The lowest BCUT2D eigenvalue weighted by Gasteiger charge is -2.07. The molecule has 0 aliphatic heterocycles. The molecule has 0 atom stereocenters. The van der Waals surface area contributed by atoms with E-state index >= 15 is 0 Å². The number of esters is 1. The Balaban J connectivity index is 1.55. The van der Waals surface area contributed by atoms with Crippen molar-refractivity contribution < 1.29 is 9.53 Å². The van der Waals surface area contributed by atoms with Gasteiger partial charge in [-0.2, -0.15) is 0 Å². The predicted molar refractivity (Wildman–Crippen MR) is 115 cm³/mol. The summed E-state index contributed by atoms with van der Waals surface area (Å²) < 4.78 is 4.62. The number of nitrogens with zero attached hydrogens (tertiary/aromatic N) is 3. The van der Waals surface area contributed by atoms with Crippen molar-refractivity contribution in [2.75, 3.05) is 12.4 Å². The van der Waals surface area contributed by atoms with Gasteiger partial charge < -0.3 is 10.1 Å². The molecule has 144 valence electrons. The molecule has 4 rings (SSSR count). The van der Waals surface area contributed by atoms with Crippen LogP contribution >= 0.6 is 22.9 Å². The first-order valence-electron chi connectivity index (χ1n) is 8.64. The molecule has 0 fully saturated rings. The van der Waals surface area contributed by atoms with Crippen LogP contribution in [0.4, 0.5) is 11.5 Å². The minimum Gasteiger partial charge on any atom is -0.464 e. The second-order valence-corrected chi connectivity index (χ2v) is 7.28. The van der Waals surface area contributed by atoms with Gasteiger partial charge in [-0.3, -0.25) is 0 Å². The molecule has 2 aromatic carbocycles. The molecule has 0 spiro atoms. The number of carbonyl (C=O) groups excluding carboxylic acids is 1. The second kappa shape index (κ2) is 8.38. The molecule has 0 bridgehead atoms. The van der Waals surface area contributed by atoms with Gasteiger partial charge in [-0.25, -0.2) is 9.78 Å². The van der Waals surface area contributed by atoms with Gasteiger partial charge >= 0.3 is 5.97 Å². The van der Waals surface area contributed by atoms with Crippen molar-refractivity contribution in [2.24, 2.45) is 0 Å². The van der Waals surface area contributed by atoms with Crippen LogP contribution in [0.5, 0.6) is 0 Å². The average Bonchev–Trinajstić information content (AvgIpc) is 3.24. The molecular formula is C21H15ClN4O2S. The fraction of sp³-hybridized carbons (Fsp3) is 0.0476. The zero-order valence-corrected chi connectivity index (χ0v) is 16.9. The smallest absolute Gasteiger partial charge is 0.358 e. The summed E-state index contributed by atoms with van der Waals surface area (Å²) in [6, 6.07) is 18.7. The first kappa shape index (κ1) is 19.0. The largest absolute Gasteiger partial charge is 0.464 e. The average molecular weight is 423 g/mol. The van der Waals surface area contributed by atoms with E-state index < -0.39 is 5.97 Å². The van der Waals surface area contributed by atoms with Gasteiger partial charge in [0.2, 0.25) is 0 Å². The van der Waals surface area contributed by atoms with Crippen molar-refractivity contribution in [3.8, 4) is 21.8 Å². The minimum atomic E-state index is -0.524. The van der Waals surface area contributed by atoms with Gasteiger partial charge in [0.1, 0.15) is 5.01 Å². The maximum absolute atomic E-state index is 11.5. The molecule has 8 heteroatoms. The first-order valence-corrected chi connectivity index (χ1v) is 9.90. The van der Waals surface area contributed by atoms with Crippen LogP contribution in [0.25, 0.3) is 21.8 Å². The van der Waals surface area contributed by atoms with Crippen LogP contribution < -0.4 is 5.32 Å². The van der Waals surface area contributed by atoms with E-state index in [2.05, 4.69) is 20.3 Å². The summed E-state index contributed by atoms with van der Waals surface area (Å²) in [5, 5.41) is 14.6. The minimum absolute atomic E-state index is 0.154. The third-order valence-electron chi connectivity index (χ3n) is 4.10. The molecule has 1 N–H and O–H groups in total. The lowest BCUT2D eigenvalue weighted by Crippen LogP contribution is -2.06. The monoisotopic (exact) mass is 422 g/mol. The van der Waals surface area contributed by atoms with Gasteiger partial charge in [0, 0.05) is 22.2 Å². The van der Waals surface area contributed by atoms with Crippen molar-refractivity contribution in [3.63, 3.8) is 0 Å². The summed E-state index contributed by atoms with van der Waals surface area (Å²) in [6.07, 6.45) is 0. The molecule has 0 aliphatic carbocycles. The maximum atomic E-state index is 11.5. The Labute approximate surface area is 176 Å². The number of nitrogens with one attached hydrogen (secondary N) is 1. The van der Waals surface area contributed by atoms with Crippen LogP contribution in [0.2, 0.25) is 5.02 Å². The van der Waals surface area contributed by atoms with Gasteiger partial charge in [0.05, 0.1) is 17.8 Å². The Morgan fingerprint density at radius 1 is 1.07 bits per heavy atom. The van der Waals surface area contributed by atoms with E-state index in [4.69, 9.17) is 16.6 Å². The highest BCUT2D eigenvalue weighted by Crippen LogP contribution is 2.33. The van der Waals surface area contributed by atoms with E-state index in [0.29, 0.717) is 10.8 Å². The van der Waals surface area contributed by atoms with Crippen molar-refractivity contribution in [1.29, 1.82) is 0 Å². The number of hydrogen-bond donors (Lipinski definition) is 1. The summed E-state index contributed by atoms with van der Waals surface area (Å²) in [5.41, 5.74) is 3.72. The number of anilines is 2. The molecule has 0 saturated carbocycles. The van der Waals surface area contributed by atoms with Gasteiger partial charge in [-0.15, -0.1) is 21.5 Å². The molecule has 6 nitrogen and oxygen atoms in total. The lowest BCUT2D eigenvalue weighted by atomic mass is 10.1. The van der Waals surface area contributed by atoms with Gasteiger partial charge in [0.25, 0.3) is 0 Å². The zero-order valence-electron chi connectivity index (χ0n) is 15.3. The normalized spacial score (nSPS) is 10.6. The Kier molecular flexibility index (Phi) is 5.50. The number of thiazole rings is 1. The summed E-state index contributed by atoms with van der Waals surface area (Å²) in [6.45, 7) is 0. The number of ether oxygens (including phenoxy) is 1. The molecule has 29 heavy (non-hydrogen) atoms. The number of methoxy groups -OCH3 is 1. The first-order chi connectivity index (χ1) is 14.1. The Bertz CT molecular complexity index is 1160. The number of hydrogen-bond acceptors (Lipinski definition) is 7. The van der Waals surface area contributed by atoms with Crippen molar-refractivity contribution >= 4 is 40.4 Å². The quantitative estimate of drug-likeness (QED) is 0.431. The standard InChI is InChI=1S/C21H15ClN4O2S/c1-28-21(27)17-9-10-19(26-25-17)23-14-6-4-5-13(11-14)18-12-29-20(24-18)15-7-2-3-8-16(15)22/h2-12H,1H3,(H,23,26). The summed E-state index contributed by atoms with van der Waals surface area (Å²) >= 11 is 7.83. The second-order valence-electron chi connectivity index (χ2n) is 6.02. The molecule has 2 aromatic heterocycles. The van der Waals surface area contributed by atoms with Gasteiger partial charge in [-0.1, -0.05) is 41.9 Å². The maximum Gasteiger partial charge on any atom is 0.358 e. The third kappa shape index (κ3) is 4.26. The Morgan fingerprint density at radius 3 is 2.69 bits per heavy atom. The Morgan fingerprint density at radius 2 is 1.93 bits per heavy atom. The highest BCUT2D eigenvalue weighted by molar-refractivity contribution is 7.13. The molecular weight excluding hydrogens is 408 g/mol. The number of halogens is 1. The van der Waals surface area contributed by atoms with Gasteiger partial charge in [0.15, 0.2) is 11.5 Å². The highest BCUT2D eigenvalue weighted by Gasteiger charge is 2.11. The number of benzene rings is 2. The third-order valence-corrected chi connectivity index (χ3v) is 5.30. The molecule has 0 radical (unpaired) electrons. The van der Waals surface area contributed by atoms with Crippen molar-refractivity contribution in [1.82, 2.24) is 15.2 Å². The van der Waals surface area contributed by atoms with E-state index in [1.807, 2.05) is 53.9 Å². The highest BCUT2D eigenvalue weighted by atomic mass is 35.5. The van der Waals surface area contributed by atoms with Crippen LogP contribution in [-0.4, -0.2) is 28.3 Å². The van der Waals surface area contributed by atoms with E-state index in [0.717, 1.165) is 27.5 Å². The number of rotatable bonds is 5. The fourth-order valence-corrected chi connectivity index (χ4v) is 3.83. The molecule has 0 saturated heterocycles. The van der Waals surface area contributed by atoms with Crippen LogP contribution in [0.3, 0.4) is 0 Å². The fourth-order valence-electron chi connectivity index (χ4n) is 2.68. The van der Waals surface area contributed by atoms with Gasteiger partial charge in [-0.05, 0) is 30.3 Å². The number of aromatic nitrogens is 3. The van der Waals surface area contributed by atoms with E-state index in [9.17, 15) is 4.79 Å². The summed E-state index contributed by atoms with van der Waals surface area (Å²) in [7, 11) is 1.30. The molecule has 0 unspecified atom stereocenters. The number of carbonyl (C=O) groups is 1. The summed E-state index contributed by atoms with van der Waals surface area (Å²) in [4.78, 5) is 16.2. The van der Waals surface area contributed by atoms with Crippen LogP contribution in [0, 0.1) is 0 Å². The van der Waals surface area contributed by atoms with Crippen LogP contribution in [0.15, 0.2) is 66.0 Å². The SMILES string of the molecule is COC(=O)c1ccc(Nc2cccc(-c3csc(-c4ccccc4Cl)n3)c2)nn1. The van der Waals surface area contributed by atoms with Crippen molar-refractivity contribution in [2.45, 2.75) is 0 Å². The van der Waals surface area contributed by atoms with E-state index in [1.165, 1.54) is 7.11 Å². The topological polar surface area (TPSA) is 77.0 Å². The van der Waals surface area contributed by atoms with Crippen LogP contribution in [-0.2, 0) is 4.74 Å². The van der Waals surface area contributed by atoms with Crippen LogP contribution in [0.1, 0.15) is 10.5 Å². The van der Waals surface area contributed by atoms with E-state index in [1.54, 1.807) is 23.5 Å².